The number of rotatable bonds is 0. The standard InChI is InChI=1S/C11H7N3O2/c15-10-7-5-6-3-1-2-4-8(6)12-9(7)11(16)14-13-10/h1-5H,(H,13,15)(H,14,16). The maximum Gasteiger partial charge on any atom is 0.273 e. The molecule has 0 saturated carbocycles. The molecule has 2 heterocycles. The third-order valence-corrected chi connectivity index (χ3v) is 2.44. The third kappa shape index (κ3) is 1.15. The molecule has 0 saturated heterocycles. The van der Waals surface area contributed by atoms with Gasteiger partial charge >= 0.3 is 0 Å². The van der Waals surface area contributed by atoms with Gasteiger partial charge in [-0.15, -0.1) is 5.10 Å². The Bertz CT molecular complexity index is 749. The van der Waals surface area contributed by atoms with Gasteiger partial charge in [0.05, 0.1) is 10.9 Å². The lowest BCUT2D eigenvalue weighted by Gasteiger charge is -2.01. The van der Waals surface area contributed by atoms with Crippen LogP contribution in [0.15, 0.2) is 35.1 Å². The molecule has 5 heteroatoms. The van der Waals surface area contributed by atoms with Crippen molar-refractivity contribution >= 4 is 21.8 Å². The predicted molar refractivity (Wildman–Crippen MR) is 59.3 cm³/mol. The second kappa shape index (κ2) is 3.03. The first-order valence-electron chi connectivity index (χ1n) is 4.73. The van der Waals surface area contributed by atoms with E-state index in [-0.39, 0.29) is 17.0 Å². The van der Waals surface area contributed by atoms with Crippen LogP contribution < -0.4 is 5.56 Å². The number of aromatic hydroxyl groups is 1. The molecule has 2 aromatic heterocycles. The lowest BCUT2D eigenvalue weighted by atomic mass is 10.1. The molecule has 0 aliphatic carbocycles. The Balaban J connectivity index is 2.61. The fourth-order valence-electron chi connectivity index (χ4n) is 1.68. The van der Waals surface area contributed by atoms with Gasteiger partial charge in [0, 0.05) is 5.39 Å². The van der Waals surface area contributed by atoms with Gasteiger partial charge in [0.2, 0.25) is 0 Å². The maximum atomic E-state index is 11.5. The smallest absolute Gasteiger partial charge is 0.273 e. The fraction of sp³-hybridized carbons (Fsp3) is 0. The van der Waals surface area contributed by atoms with Crippen LogP contribution >= 0.6 is 0 Å². The summed E-state index contributed by atoms with van der Waals surface area (Å²) < 4.78 is 0. The van der Waals surface area contributed by atoms with Crippen LogP contribution in [0.25, 0.3) is 21.8 Å². The Morgan fingerprint density at radius 2 is 2.06 bits per heavy atom. The van der Waals surface area contributed by atoms with E-state index >= 15 is 0 Å². The molecule has 0 unspecified atom stereocenters. The van der Waals surface area contributed by atoms with E-state index in [2.05, 4.69) is 15.2 Å². The molecule has 0 radical (unpaired) electrons. The van der Waals surface area contributed by atoms with E-state index in [1.54, 1.807) is 6.07 Å². The predicted octanol–water partition coefficient (Wildman–Crippen LogP) is 1.18. The van der Waals surface area contributed by atoms with Gasteiger partial charge in [-0.1, -0.05) is 18.2 Å². The minimum Gasteiger partial charge on any atom is -0.491 e. The van der Waals surface area contributed by atoms with Crippen molar-refractivity contribution in [3.05, 3.63) is 40.7 Å². The Morgan fingerprint density at radius 1 is 1.25 bits per heavy atom. The molecule has 2 N–H and O–H groups in total. The van der Waals surface area contributed by atoms with Crippen LogP contribution in [0.1, 0.15) is 0 Å². The van der Waals surface area contributed by atoms with E-state index in [0.29, 0.717) is 5.39 Å². The number of nitrogens with zero attached hydrogens (tertiary/aromatic N) is 2. The number of aromatic nitrogens is 3. The van der Waals surface area contributed by atoms with Crippen molar-refractivity contribution in [2.24, 2.45) is 0 Å². The van der Waals surface area contributed by atoms with E-state index in [4.69, 9.17) is 0 Å². The topological polar surface area (TPSA) is 78.9 Å². The van der Waals surface area contributed by atoms with Crippen LogP contribution in [0.4, 0.5) is 0 Å². The van der Waals surface area contributed by atoms with Gasteiger partial charge in [0.25, 0.3) is 11.4 Å². The summed E-state index contributed by atoms with van der Waals surface area (Å²) >= 11 is 0. The average Bonchev–Trinajstić information content (AvgIpc) is 2.32. The lowest BCUT2D eigenvalue weighted by Crippen LogP contribution is -2.08. The number of pyridine rings is 1. The molecule has 0 amide bonds. The molecule has 5 nitrogen and oxygen atoms in total. The van der Waals surface area contributed by atoms with Crippen LogP contribution in [0.5, 0.6) is 5.88 Å². The van der Waals surface area contributed by atoms with Crippen LogP contribution in [0, 0.1) is 0 Å². The number of para-hydroxylation sites is 1. The van der Waals surface area contributed by atoms with E-state index in [0.717, 1.165) is 10.9 Å². The zero-order chi connectivity index (χ0) is 11.1. The average molecular weight is 213 g/mol. The molecule has 3 aromatic rings. The number of benzene rings is 1. The molecule has 0 aliphatic heterocycles. The number of nitrogens with one attached hydrogen (secondary N) is 1. The Labute approximate surface area is 89.4 Å². The van der Waals surface area contributed by atoms with E-state index in [9.17, 15) is 9.90 Å². The first-order chi connectivity index (χ1) is 7.75. The highest BCUT2D eigenvalue weighted by molar-refractivity contribution is 5.93. The van der Waals surface area contributed by atoms with Crippen molar-refractivity contribution in [2.45, 2.75) is 0 Å². The maximum absolute atomic E-state index is 11.5. The molecule has 0 bridgehead atoms. The summed E-state index contributed by atoms with van der Waals surface area (Å²) in [5.74, 6) is -0.264. The zero-order valence-electron chi connectivity index (χ0n) is 8.14. The summed E-state index contributed by atoms with van der Waals surface area (Å²) in [5, 5.41) is 16.4. The molecule has 0 spiro atoms. The molecule has 0 fully saturated rings. The van der Waals surface area contributed by atoms with Crippen LogP contribution in [0.3, 0.4) is 0 Å². The Morgan fingerprint density at radius 3 is 2.94 bits per heavy atom. The molecule has 3 rings (SSSR count). The number of H-pyrrole nitrogens is 1. The van der Waals surface area contributed by atoms with Gasteiger partial charge in [0.15, 0.2) is 0 Å². The van der Waals surface area contributed by atoms with E-state index < -0.39 is 0 Å². The van der Waals surface area contributed by atoms with E-state index in [1.165, 1.54) is 0 Å². The number of hydrogen-bond acceptors (Lipinski definition) is 4. The zero-order valence-corrected chi connectivity index (χ0v) is 8.14. The van der Waals surface area contributed by atoms with Crippen LogP contribution in [0.2, 0.25) is 0 Å². The molecule has 1 aromatic carbocycles. The monoisotopic (exact) mass is 213 g/mol. The third-order valence-electron chi connectivity index (χ3n) is 2.44. The number of aromatic amines is 1. The molecular formula is C11H7N3O2. The molecule has 16 heavy (non-hydrogen) atoms. The Kier molecular flexibility index (Phi) is 1.67. The minimum atomic E-state index is -0.356. The highest BCUT2D eigenvalue weighted by atomic mass is 16.3. The van der Waals surface area contributed by atoms with Gasteiger partial charge in [0.1, 0.15) is 5.52 Å². The second-order valence-corrected chi connectivity index (χ2v) is 3.45. The molecule has 78 valence electrons. The summed E-state index contributed by atoms with van der Waals surface area (Å²) in [6, 6.07) is 9.08. The number of fused-ring (bicyclic) bond motifs is 2. The first kappa shape index (κ1) is 8.84. The van der Waals surface area contributed by atoms with Crippen molar-refractivity contribution in [3.8, 4) is 5.88 Å². The van der Waals surface area contributed by atoms with E-state index in [1.807, 2.05) is 24.3 Å². The van der Waals surface area contributed by atoms with Gasteiger partial charge in [-0.2, -0.15) is 0 Å². The van der Waals surface area contributed by atoms with Crippen LogP contribution in [-0.2, 0) is 0 Å². The second-order valence-electron chi connectivity index (χ2n) is 3.45. The summed E-state index contributed by atoms with van der Waals surface area (Å²) in [6.45, 7) is 0. The fourth-order valence-corrected chi connectivity index (χ4v) is 1.68. The largest absolute Gasteiger partial charge is 0.491 e. The van der Waals surface area contributed by atoms with Crippen molar-refractivity contribution < 1.29 is 5.11 Å². The summed E-state index contributed by atoms with van der Waals surface area (Å²) in [5.41, 5.74) is 0.589. The van der Waals surface area contributed by atoms with Crippen molar-refractivity contribution in [3.63, 3.8) is 0 Å². The van der Waals surface area contributed by atoms with Gasteiger partial charge in [-0.25, -0.2) is 10.1 Å². The normalized spacial score (nSPS) is 11.0. The molecule has 0 aliphatic rings. The van der Waals surface area contributed by atoms with Gasteiger partial charge < -0.3 is 5.11 Å². The summed E-state index contributed by atoms with van der Waals surface area (Å²) in [7, 11) is 0. The van der Waals surface area contributed by atoms with Gasteiger partial charge in [-0.05, 0) is 12.1 Å². The summed E-state index contributed by atoms with van der Waals surface area (Å²) in [4.78, 5) is 15.7. The highest BCUT2D eigenvalue weighted by Crippen LogP contribution is 2.20. The van der Waals surface area contributed by atoms with Crippen molar-refractivity contribution in [1.29, 1.82) is 0 Å². The van der Waals surface area contributed by atoms with Crippen molar-refractivity contribution in [2.75, 3.05) is 0 Å². The number of hydrogen-bond donors (Lipinski definition) is 2. The summed E-state index contributed by atoms with van der Waals surface area (Å²) in [6.07, 6.45) is 0. The minimum absolute atomic E-state index is 0.224. The lowest BCUT2D eigenvalue weighted by molar-refractivity contribution is 0.450. The van der Waals surface area contributed by atoms with Crippen LogP contribution in [-0.4, -0.2) is 20.3 Å². The first-order valence-corrected chi connectivity index (χ1v) is 4.73. The molecule has 0 atom stereocenters. The Hall–Kier alpha value is -2.43. The highest BCUT2D eigenvalue weighted by Gasteiger charge is 2.07. The van der Waals surface area contributed by atoms with Crippen molar-refractivity contribution in [1.82, 2.24) is 15.2 Å². The SMILES string of the molecule is O=c1[nH]nc(O)c2nc3ccccc3cc12. The molecular weight excluding hydrogens is 206 g/mol. The quantitative estimate of drug-likeness (QED) is 0.549. The van der Waals surface area contributed by atoms with Gasteiger partial charge in [-0.3, -0.25) is 4.79 Å².